The zero-order chi connectivity index (χ0) is 12.8. The van der Waals surface area contributed by atoms with E-state index in [1.165, 1.54) is 24.3 Å². The van der Waals surface area contributed by atoms with Crippen LogP contribution in [0.25, 0.3) is 5.83 Å². The maximum atomic E-state index is 12.5. The normalized spacial score (nSPS) is 10.4. The molecule has 0 nitrogen and oxygen atoms in total. The van der Waals surface area contributed by atoms with Crippen LogP contribution in [0.15, 0.2) is 35.7 Å². The summed E-state index contributed by atoms with van der Waals surface area (Å²) in [5.74, 6) is -0.659. The van der Waals surface area contributed by atoms with E-state index in [-0.39, 0.29) is 22.2 Å². The minimum atomic E-state index is -4.31. The second kappa shape index (κ2) is 6.58. The molecule has 0 saturated heterocycles. The smallest absolute Gasteiger partial charge is 0.207 e. The third-order valence-corrected chi connectivity index (χ3v) is 2.14. The number of hydrogen-bond acceptors (Lipinski definition) is 1. The van der Waals surface area contributed by atoms with Crippen LogP contribution in [0.2, 0.25) is 0 Å². The van der Waals surface area contributed by atoms with Crippen molar-refractivity contribution in [3.63, 3.8) is 0 Å². The molecule has 1 rings (SSSR count). The summed E-state index contributed by atoms with van der Waals surface area (Å²) < 4.78 is 48.1. The largest absolute Gasteiger partial charge is 0.446 e. The van der Waals surface area contributed by atoms with Crippen LogP contribution in [0, 0.1) is 0 Å². The summed E-state index contributed by atoms with van der Waals surface area (Å²) in [4.78, 5) is 0.0301. The molecule has 0 fully saturated rings. The number of thioether (sulfide) groups is 1. The third kappa shape index (κ3) is 5.80. The molecule has 0 bridgehead atoms. The van der Waals surface area contributed by atoms with E-state index in [9.17, 15) is 17.6 Å². The van der Waals surface area contributed by atoms with Gasteiger partial charge >= 0.3 is 5.51 Å². The maximum absolute atomic E-state index is 12.5. The van der Waals surface area contributed by atoms with E-state index in [0.29, 0.717) is 0 Å². The monoisotopic (exact) mass is 252 g/mol. The fraction of sp³-hybridized carbons (Fsp3) is 0.273. The molecule has 0 radical (unpaired) electrons. The van der Waals surface area contributed by atoms with Gasteiger partial charge in [-0.25, -0.2) is 4.39 Å². The third-order valence-electron chi connectivity index (χ3n) is 1.40. The van der Waals surface area contributed by atoms with Gasteiger partial charge in [0.15, 0.2) is 0 Å². The van der Waals surface area contributed by atoms with Crippen molar-refractivity contribution < 1.29 is 17.6 Å². The molecule has 0 unspecified atom stereocenters. The van der Waals surface area contributed by atoms with Gasteiger partial charge in [-0.2, -0.15) is 13.2 Å². The van der Waals surface area contributed by atoms with Crippen molar-refractivity contribution in [1.29, 1.82) is 0 Å². The highest BCUT2D eigenvalue weighted by Crippen LogP contribution is 2.36. The van der Waals surface area contributed by atoms with Gasteiger partial charge in [-0.15, -0.1) is 0 Å². The molecule has 0 amide bonds. The van der Waals surface area contributed by atoms with Crippen LogP contribution in [0.4, 0.5) is 17.6 Å². The molecule has 1 aromatic rings. The first-order chi connectivity index (χ1) is 7.38. The summed E-state index contributed by atoms with van der Waals surface area (Å²) in [5.41, 5.74) is -4.12. The van der Waals surface area contributed by atoms with E-state index in [4.69, 9.17) is 0 Å². The average Bonchev–Trinajstić information content (AvgIpc) is 2.19. The van der Waals surface area contributed by atoms with Gasteiger partial charge in [-0.05, 0) is 23.9 Å². The minimum Gasteiger partial charge on any atom is -0.207 e. The van der Waals surface area contributed by atoms with Crippen LogP contribution in [0.1, 0.15) is 19.4 Å². The Kier molecular flexibility index (Phi) is 6.18. The SMILES string of the molecule is C=C(F)c1ccc(SC(F)(F)F)cc1.CC. The van der Waals surface area contributed by atoms with Gasteiger partial charge < -0.3 is 0 Å². The summed E-state index contributed by atoms with van der Waals surface area (Å²) in [6.07, 6.45) is 0. The predicted molar refractivity (Wildman–Crippen MR) is 59.8 cm³/mol. The molecule has 0 aliphatic heterocycles. The van der Waals surface area contributed by atoms with Crippen molar-refractivity contribution in [2.24, 2.45) is 0 Å². The topological polar surface area (TPSA) is 0 Å². The molecule has 0 atom stereocenters. The quantitative estimate of drug-likeness (QED) is 0.510. The van der Waals surface area contributed by atoms with Crippen LogP contribution in [-0.2, 0) is 0 Å². The van der Waals surface area contributed by atoms with Gasteiger partial charge in [0.05, 0.1) is 0 Å². The lowest BCUT2D eigenvalue weighted by molar-refractivity contribution is -0.0328. The first kappa shape index (κ1) is 15.0. The Balaban J connectivity index is 0.00000106. The van der Waals surface area contributed by atoms with E-state index in [1.807, 2.05) is 13.8 Å². The number of rotatable bonds is 2. The molecule has 0 saturated carbocycles. The molecular weight excluding hydrogens is 240 g/mol. The molecule has 0 aliphatic carbocycles. The first-order valence-corrected chi connectivity index (χ1v) is 5.41. The van der Waals surface area contributed by atoms with Crippen molar-refractivity contribution >= 4 is 17.6 Å². The molecule has 5 heteroatoms. The molecule has 0 heterocycles. The van der Waals surface area contributed by atoms with Crippen LogP contribution >= 0.6 is 11.8 Å². The number of hydrogen-bond donors (Lipinski definition) is 0. The Labute approximate surface area is 96.4 Å². The Morgan fingerprint density at radius 3 is 1.88 bits per heavy atom. The minimum absolute atomic E-state index is 0.0301. The summed E-state index contributed by atoms with van der Waals surface area (Å²) in [6, 6.07) is 4.93. The highest BCUT2D eigenvalue weighted by Gasteiger charge is 2.28. The van der Waals surface area contributed by atoms with Gasteiger partial charge in [0.2, 0.25) is 0 Å². The molecule has 0 aliphatic rings. The van der Waals surface area contributed by atoms with Crippen molar-refractivity contribution in [3.05, 3.63) is 36.4 Å². The second-order valence-corrected chi connectivity index (χ2v) is 3.62. The number of halogens is 4. The van der Waals surface area contributed by atoms with Gasteiger partial charge in [0.1, 0.15) is 5.83 Å². The van der Waals surface area contributed by atoms with E-state index < -0.39 is 11.3 Å². The molecule has 90 valence electrons. The van der Waals surface area contributed by atoms with E-state index >= 15 is 0 Å². The van der Waals surface area contributed by atoms with Gasteiger partial charge in [0.25, 0.3) is 0 Å². The lowest BCUT2D eigenvalue weighted by Gasteiger charge is -2.05. The predicted octanol–water partition coefficient (Wildman–Crippen LogP) is 5.26. The lowest BCUT2D eigenvalue weighted by atomic mass is 10.2. The first-order valence-electron chi connectivity index (χ1n) is 4.59. The van der Waals surface area contributed by atoms with Crippen LogP contribution in [0.5, 0.6) is 0 Å². The molecular formula is C11H12F4S. The Morgan fingerprint density at radius 1 is 1.12 bits per heavy atom. The maximum Gasteiger partial charge on any atom is 0.446 e. The molecule has 0 N–H and O–H groups in total. The van der Waals surface area contributed by atoms with Crippen molar-refractivity contribution in [1.82, 2.24) is 0 Å². The number of alkyl halides is 3. The Morgan fingerprint density at radius 2 is 1.56 bits per heavy atom. The van der Waals surface area contributed by atoms with Gasteiger partial charge in [-0.3, -0.25) is 0 Å². The highest BCUT2D eigenvalue weighted by atomic mass is 32.2. The van der Waals surface area contributed by atoms with E-state index in [0.717, 1.165) is 0 Å². The second-order valence-electron chi connectivity index (χ2n) is 2.48. The molecule has 1 aromatic carbocycles. The summed E-state index contributed by atoms with van der Waals surface area (Å²) in [7, 11) is 0. The highest BCUT2D eigenvalue weighted by molar-refractivity contribution is 8.00. The van der Waals surface area contributed by atoms with Crippen molar-refractivity contribution in [3.8, 4) is 0 Å². The fourth-order valence-electron chi connectivity index (χ4n) is 0.837. The summed E-state index contributed by atoms with van der Waals surface area (Å²) >= 11 is -0.231. The molecule has 0 aromatic heterocycles. The van der Waals surface area contributed by atoms with Crippen molar-refractivity contribution in [2.45, 2.75) is 24.3 Å². The fourth-order valence-corrected chi connectivity index (χ4v) is 1.38. The standard InChI is InChI=1S/C9H6F4S.C2H6/c1-6(10)7-2-4-8(5-3-7)14-9(11,12)13;1-2/h2-5H,1H2;1-2H3. The van der Waals surface area contributed by atoms with E-state index in [2.05, 4.69) is 6.58 Å². The molecule has 16 heavy (non-hydrogen) atoms. The molecule has 0 spiro atoms. The Bertz CT molecular complexity index is 327. The average molecular weight is 252 g/mol. The van der Waals surface area contributed by atoms with E-state index in [1.54, 1.807) is 0 Å². The number of benzene rings is 1. The summed E-state index contributed by atoms with van der Waals surface area (Å²) in [6.45, 7) is 7.03. The van der Waals surface area contributed by atoms with Crippen molar-refractivity contribution in [2.75, 3.05) is 0 Å². The zero-order valence-corrected chi connectivity index (χ0v) is 9.75. The summed E-state index contributed by atoms with van der Waals surface area (Å²) in [5, 5.41) is 0. The van der Waals surface area contributed by atoms with Crippen LogP contribution in [0.3, 0.4) is 0 Å². The van der Waals surface area contributed by atoms with Crippen LogP contribution < -0.4 is 0 Å². The lowest BCUT2D eigenvalue weighted by Crippen LogP contribution is -1.98. The zero-order valence-electron chi connectivity index (χ0n) is 8.94. The van der Waals surface area contributed by atoms with Gasteiger partial charge in [-0.1, -0.05) is 32.6 Å². The van der Waals surface area contributed by atoms with Gasteiger partial charge in [0, 0.05) is 10.5 Å². The van der Waals surface area contributed by atoms with Crippen LogP contribution in [-0.4, -0.2) is 5.51 Å². The Hall–Kier alpha value is -0.970.